The van der Waals surface area contributed by atoms with Crippen LogP contribution in [0.25, 0.3) is 0 Å². The Labute approximate surface area is 117 Å². The van der Waals surface area contributed by atoms with Gasteiger partial charge in [0.05, 0.1) is 14.2 Å². The zero-order valence-electron chi connectivity index (χ0n) is 11.8. The zero-order chi connectivity index (χ0) is 14.5. The average molecular weight is 278 g/mol. The van der Waals surface area contributed by atoms with E-state index in [1.165, 1.54) is 6.33 Å². The van der Waals surface area contributed by atoms with Crippen LogP contribution in [-0.2, 0) is 20.2 Å². The number of hydrogen-bond donors (Lipinski definition) is 1. The summed E-state index contributed by atoms with van der Waals surface area (Å²) < 4.78 is 18.1. The Morgan fingerprint density at radius 3 is 2.30 bits per heavy atom. The second-order valence-electron chi connectivity index (χ2n) is 4.12. The molecule has 2 rings (SSSR count). The zero-order valence-corrected chi connectivity index (χ0v) is 11.8. The summed E-state index contributed by atoms with van der Waals surface area (Å²) in [7, 11) is 4.95. The van der Waals surface area contributed by atoms with Crippen molar-refractivity contribution in [1.29, 1.82) is 0 Å². The normalized spacial score (nSPS) is 10.4. The highest BCUT2D eigenvalue weighted by atomic mass is 16.5. The van der Waals surface area contributed by atoms with Gasteiger partial charge in [-0.25, -0.2) is 4.98 Å². The van der Waals surface area contributed by atoms with Crippen molar-refractivity contribution >= 4 is 0 Å². The smallest absolute Gasteiger partial charge is 0.204 e. The third-order valence-corrected chi connectivity index (χ3v) is 2.91. The van der Waals surface area contributed by atoms with E-state index in [1.807, 2.05) is 12.1 Å². The lowest BCUT2D eigenvalue weighted by atomic mass is 10.2. The van der Waals surface area contributed by atoms with Gasteiger partial charge in [0.1, 0.15) is 12.9 Å². The topological polar surface area (TPSA) is 84.4 Å². The molecule has 108 valence electrons. The molecule has 7 nitrogen and oxygen atoms in total. The first-order chi connectivity index (χ1) is 9.69. The van der Waals surface area contributed by atoms with Gasteiger partial charge >= 0.3 is 0 Å². The fraction of sp³-hybridized carbons (Fsp3) is 0.385. The molecule has 0 atom stereocenters. The summed E-state index contributed by atoms with van der Waals surface area (Å²) in [6, 6.07) is 3.66. The van der Waals surface area contributed by atoms with Crippen LogP contribution < -0.4 is 19.9 Å². The van der Waals surface area contributed by atoms with Gasteiger partial charge in [-0.05, 0) is 17.7 Å². The fourth-order valence-electron chi connectivity index (χ4n) is 1.78. The molecular formula is C13H18N4O3. The van der Waals surface area contributed by atoms with Crippen LogP contribution in [0.1, 0.15) is 11.4 Å². The SMILES string of the molecule is COc1cc(CN)cc(OC)c1OCc1ncnn1C. The number of aromatic nitrogens is 3. The number of rotatable bonds is 6. The Hall–Kier alpha value is -2.28. The van der Waals surface area contributed by atoms with Crippen LogP contribution in [-0.4, -0.2) is 29.0 Å². The number of nitrogens with zero attached hydrogens (tertiary/aromatic N) is 3. The lowest BCUT2D eigenvalue weighted by molar-refractivity contribution is 0.255. The maximum atomic E-state index is 5.76. The van der Waals surface area contributed by atoms with E-state index >= 15 is 0 Å². The average Bonchev–Trinajstić information content (AvgIpc) is 2.89. The molecule has 0 saturated carbocycles. The quantitative estimate of drug-likeness (QED) is 0.844. The molecular weight excluding hydrogens is 260 g/mol. The van der Waals surface area contributed by atoms with Gasteiger partial charge in [-0.15, -0.1) is 0 Å². The Bertz CT molecular complexity index is 558. The molecule has 0 bridgehead atoms. The summed E-state index contributed by atoms with van der Waals surface area (Å²) in [5.41, 5.74) is 6.55. The molecule has 1 aromatic carbocycles. The Balaban J connectivity index is 2.27. The first-order valence-corrected chi connectivity index (χ1v) is 6.10. The van der Waals surface area contributed by atoms with Crippen molar-refractivity contribution in [2.24, 2.45) is 12.8 Å². The van der Waals surface area contributed by atoms with Crippen LogP contribution in [0.2, 0.25) is 0 Å². The molecule has 0 fully saturated rings. The van der Waals surface area contributed by atoms with E-state index < -0.39 is 0 Å². The third kappa shape index (κ3) is 2.83. The second kappa shape index (κ2) is 6.25. The van der Waals surface area contributed by atoms with Gasteiger partial charge in [-0.3, -0.25) is 4.68 Å². The standard InChI is InChI=1S/C13H18N4O3/c1-17-12(15-8-16-17)7-20-13-10(18-2)4-9(6-14)5-11(13)19-3/h4-5,8H,6-7,14H2,1-3H3. The van der Waals surface area contributed by atoms with Crippen LogP contribution in [0, 0.1) is 0 Å². The van der Waals surface area contributed by atoms with Crippen molar-refractivity contribution in [3.8, 4) is 17.2 Å². The summed E-state index contributed by atoms with van der Waals surface area (Å²) in [4.78, 5) is 4.10. The van der Waals surface area contributed by atoms with Crippen LogP contribution in [0.3, 0.4) is 0 Å². The van der Waals surface area contributed by atoms with Crippen LogP contribution in [0.4, 0.5) is 0 Å². The molecule has 0 saturated heterocycles. The Morgan fingerprint density at radius 2 is 1.85 bits per heavy atom. The van der Waals surface area contributed by atoms with Crippen molar-refractivity contribution in [2.75, 3.05) is 14.2 Å². The molecule has 0 aliphatic heterocycles. The largest absolute Gasteiger partial charge is 0.493 e. The van der Waals surface area contributed by atoms with Gasteiger partial charge in [0.2, 0.25) is 5.75 Å². The molecule has 0 radical (unpaired) electrons. The molecule has 1 aromatic heterocycles. The highest BCUT2D eigenvalue weighted by Gasteiger charge is 2.15. The van der Waals surface area contributed by atoms with E-state index in [0.717, 1.165) is 5.56 Å². The Kier molecular flexibility index (Phi) is 4.41. The summed E-state index contributed by atoms with van der Waals surface area (Å²) in [6.45, 7) is 0.668. The van der Waals surface area contributed by atoms with Crippen LogP contribution in [0.15, 0.2) is 18.5 Å². The van der Waals surface area contributed by atoms with E-state index in [0.29, 0.717) is 29.6 Å². The van der Waals surface area contributed by atoms with E-state index in [-0.39, 0.29) is 6.61 Å². The monoisotopic (exact) mass is 278 g/mol. The van der Waals surface area contributed by atoms with E-state index in [2.05, 4.69) is 10.1 Å². The molecule has 0 spiro atoms. The highest BCUT2D eigenvalue weighted by Crippen LogP contribution is 2.38. The van der Waals surface area contributed by atoms with Crippen molar-refractivity contribution in [1.82, 2.24) is 14.8 Å². The molecule has 0 aliphatic rings. The van der Waals surface area contributed by atoms with Gasteiger partial charge < -0.3 is 19.9 Å². The number of aryl methyl sites for hydroxylation is 1. The van der Waals surface area contributed by atoms with Gasteiger partial charge in [-0.1, -0.05) is 0 Å². The van der Waals surface area contributed by atoms with Gasteiger partial charge in [0.25, 0.3) is 0 Å². The molecule has 2 aromatic rings. The minimum atomic E-state index is 0.269. The van der Waals surface area contributed by atoms with E-state index in [9.17, 15) is 0 Å². The maximum Gasteiger partial charge on any atom is 0.204 e. The molecule has 0 amide bonds. The van der Waals surface area contributed by atoms with Crippen molar-refractivity contribution in [2.45, 2.75) is 13.2 Å². The first-order valence-electron chi connectivity index (χ1n) is 6.10. The minimum Gasteiger partial charge on any atom is -0.493 e. The number of ether oxygens (including phenoxy) is 3. The highest BCUT2D eigenvalue weighted by molar-refractivity contribution is 5.53. The van der Waals surface area contributed by atoms with Crippen molar-refractivity contribution in [3.05, 3.63) is 29.8 Å². The number of hydrogen-bond acceptors (Lipinski definition) is 6. The molecule has 7 heteroatoms. The van der Waals surface area contributed by atoms with Crippen molar-refractivity contribution in [3.63, 3.8) is 0 Å². The van der Waals surface area contributed by atoms with E-state index in [4.69, 9.17) is 19.9 Å². The summed E-state index contributed by atoms with van der Waals surface area (Å²) in [5, 5.41) is 3.99. The fourth-order valence-corrected chi connectivity index (χ4v) is 1.78. The number of nitrogens with two attached hydrogens (primary N) is 1. The number of benzene rings is 1. The predicted molar refractivity (Wildman–Crippen MR) is 72.8 cm³/mol. The number of methoxy groups -OCH3 is 2. The van der Waals surface area contributed by atoms with Gasteiger partial charge in [0, 0.05) is 13.6 Å². The molecule has 20 heavy (non-hydrogen) atoms. The van der Waals surface area contributed by atoms with Gasteiger partial charge in [-0.2, -0.15) is 5.10 Å². The Morgan fingerprint density at radius 1 is 1.20 bits per heavy atom. The van der Waals surface area contributed by atoms with E-state index in [1.54, 1.807) is 25.9 Å². The minimum absolute atomic E-state index is 0.269. The summed E-state index contributed by atoms with van der Waals surface area (Å²) >= 11 is 0. The summed E-state index contributed by atoms with van der Waals surface area (Å²) in [6.07, 6.45) is 1.48. The van der Waals surface area contributed by atoms with Crippen molar-refractivity contribution < 1.29 is 14.2 Å². The van der Waals surface area contributed by atoms with Gasteiger partial charge in [0.15, 0.2) is 17.3 Å². The third-order valence-electron chi connectivity index (χ3n) is 2.91. The summed E-state index contributed by atoms with van der Waals surface area (Å²) in [5.74, 6) is 2.38. The second-order valence-corrected chi connectivity index (χ2v) is 4.12. The lowest BCUT2D eigenvalue weighted by Gasteiger charge is -2.15. The lowest BCUT2D eigenvalue weighted by Crippen LogP contribution is -2.07. The predicted octanol–water partition coefficient (Wildman–Crippen LogP) is 0.870. The van der Waals surface area contributed by atoms with Crippen LogP contribution in [0.5, 0.6) is 17.2 Å². The molecule has 0 aliphatic carbocycles. The van der Waals surface area contributed by atoms with Crippen LogP contribution >= 0.6 is 0 Å². The first kappa shape index (κ1) is 14.1. The molecule has 0 unspecified atom stereocenters. The maximum absolute atomic E-state index is 5.76. The molecule has 1 heterocycles. The molecule has 2 N–H and O–H groups in total.